The Morgan fingerprint density at radius 3 is 2.88 bits per heavy atom. The fraction of sp³-hybridized carbons (Fsp3) is 0.400. The third-order valence-electron chi connectivity index (χ3n) is 2.72. The van der Waals surface area contributed by atoms with Gasteiger partial charge in [0.15, 0.2) is 10.8 Å². The largest absolute Gasteiger partial charge is 0.398 e. The number of nitrogens with one attached hydrogen (secondary N) is 1. The van der Waals surface area contributed by atoms with E-state index >= 15 is 0 Å². The minimum atomic E-state index is -4.37. The molecule has 1 aromatic rings. The van der Waals surface area contributed by atoms with Crippen molar-refractivity contribution < 1.29 is 32.2 Å². The normalized spacial score (nSPS) is 18.2. The fourth-order valence-electron chi connectivity index (χ4n) is 1.67. The number of anilines is 1. The van der Waals surface area contributed by atoms with Crippen molar-refractivity contribution in [3.63, 3.8) is 0 Å². The monoisotopic (exact) mass is 379 g/mol. The van der Waals surface area contributed by atoms with Crippen molar-refractivity contribution in [2.75, 3.05) is 25.3 Å². The summed E-state index contributed by atoms with van der Waals surface area (Å²) >= 11 is 1.10. The van der Waals surface area contributed by atoms with Crippen molar-refractivity contribution in [2.45, 2.75) is 6.04 Å². The quantitative estimate of drug-likeness (QED) is 0.213. The van der Waals surface area contributed by atoms with E-state index in [1.807, 2.05) is 0 Å². The van der Waals surface area contributed by atoms with E-state index in [1.54, 1.807) is 0 Å². The Bertz CT molecular complexity index is 774. The highest BCUT2D eigenvalue weighted by Gasteiger charge is 2.40. The van der Waals surface area contributed by atoms with Crippen LogP contribution in [0.4, 0.5) is 5.13 Å². The number of carbonyl (C=O) groups excluding carboxylic acids is 2. The first-order valence-electron chi connectivity index (χ1n) is 6.24. The molecule has 0 bridgehead atoms. The van der Waals surface area contributed by atoms with Gasteiger partial charge in [-0.05, 0) is 0 Å². The van der Waals surface area contributed by atoms with E-state index in [0.29, 0.717) is 5.06 Å². The highest BCUT2D eigenvalue weighted by molar-refractivity contribution is 7.85. The van der Waals surface area contributed by atoms with Gasteiger partial charge in [-0.3, -0.25) is 19.0 Å². The van der Waals surface area contributed by atoms with Crippen molar-refractivity contribution >= 4 is 44.1 Å². The summed E-state index contributed by atoms with van der Waals surface area (Å²) < 4.78 is 29.6. The summed E-state index contributed by atoms with van der Waals surface area (Å²) in [5.74, 6) is -2.47. The number of carbonyl (C=O) groups is 2. The maximum absolute atomic E-state index is 12.2. The molecule has 1 aromatic heterocycles. The van der Waals surface area contributed by atoms with Gasteiger partial charge in [-0.1, -0.05) is 5.16 Å². The molecule has 12 nitrogen and oxygen atoms in total. The standard InChI is InChI=1S/C10H13N5O7S2/c1-21-14-7(6-3-23-10(11)13-6)8(16)12-5-2-15(9(5)17)22-4-24(18,19)20/h3,5H,2,4H2,1H3,(H2,11,13)(H,12,16)(H,18,19,20)/t5-/m0/s1. The molecular formula is C10H13N5O7S2. The van der Waals surface area contributed by atoms with Crippen molar-refractivity contribution in [1.29, 1.82) is 0 Å². The molecule has 0 aromatic carbocycles. The third kappa shape index (κ3) is 4.38. The van der Waals surface area contributed by atoms with E-state index in [9.17, 15) is 18.0 Å². The zero-order chi connectivity index (χ0) is 17.9. The van der Waals surface area contributed by atoms with Gasteiger partial charge in [-0.15, -0.1) is 11.3 Å². The van der Waals surface area contributed by atoms with Gasteiger partial charge in [0.05, 0.1) is 6.54 Å². The molecule has 1 aliphatic heterocycles. The molecule has 14 heteroatoms. The Hall–Kier alpha value is -2.29. The molecule has 1 saturated heterocycles. The van der Waals surface area contributed by atoms with E-state index < -0.39 is 33.9 Å². The number of nitrogens with two attached hydrogens (primary N) is 1. The molecule has 0 saturated carbocycles. The van der Waals surface area contributed by atoms with Crippen LogP contribution in [-0.4, -0.2) is 66.2 Å². The number of thiazole rings is 1. The first-order valence-corrected chi connectivity index (χ1v) is 8.73. The highest BCUT2D eigenvalue weighted by Crippen LogP contribution is 2.14. The molecule has 0 unspecified atom stereocenters. The number of oxime groups is 1. The van der Waals surface area contributed by atoms with E-state index in [2.05, 4.69) is 25.1 Å². The Morgan fingerprint density at radius 1 is 1.67 bits per heavy atom. The first-order chi connectivity index (χ1) is 11.2. The van der Waals surface area contributed by atoms with Crippen LogP contribution >= 0.6 is 11.3 Å². The van der Waals surface area contributed by atoms with Crippen LogP contribution in [0.2, 0.25) is 0 Å². The van der Waals surface area contributed by atoms with E-state index in [-0.39, 0.29) is 23.1 Å². The van der Waals surface area contributed by atoms with Gasteiger partial charge in [-0.25, -0.2) is 10.0 Å². The number of amides is 2. The van der Waals surface area contributed by atoms with Crippen LogP contribution in [0.25, 0.3) is 0 Å². The number of aromatic nitrogens is 1. The lowest BCUT2D eigenvalue weighted by Gasteiger charge is -2.36. The van der Waals surface area contributed by atoms with E-state index in [4.69, 9.17) is 10.3 Å². The summed E-state index contributed by atoms with van der Waals surface area (Å²) in [7, 11) is -3.13. The summed E-state index contributed by atoms with van der Waals surface area (Å²) in [4.78, 5) is 37.0. The van der Waals surface area contributed by atoms with Gasteiger partial charge in [0, 0.05) is 5.38 Å². The Labute approximate surface area is 139 Å². The second kappa shape index (κ2) is 7.08. The lowest BCUT2D eigenvalue weighted by atomic mass is 10.1. The SMILES string of the molecule is CON=C(C(=O)N[C@H]1CN(OCS(=O)(=O)O)C1=O)c1csc(N)n1. The Kier molecular flexibility index (Phi) is 5.33. The number of hydrogen-bond donors (Lipinski definition) is 3. The number of nitrogen functional groups attached to an aromatic ring is 1. The number of β-lactam (4-membered cyclic amide) rings is 1. The Morgan fingerprint density at radius 2 is 2.38 bits per heavy atom. The number of nitrogens with zero attached hydrogens (tertiary/aromatic N) is 3. The summed E-state index contributed by atoms with van der Waals surface area (Å²) in [6, 6.07) is -0.933. The highest BCUT2D eigenvalue weighted by atomic mass is 32.2. The maximum atomic E-state index is 12.2. The molecule has 4 N–H and O–H groups in total. The summed E-state index contributed by atoms with van der Waals surface area (Å²) in [5.41, 5.74) is 5.51. The van der Waals surface area contributed by atoms with Crippen LogP contribution in [0.5, 0.6) is 0 Å². The lowest BCUT2D eigenvalue weighted by molar-refractivity contribution is -0.206. The van der Waals surface area contributed by atoms with Gasteiger partial charge >= 0.3 is 0 Å². The number of hydrogen-bond acceptors (Lipinski definition) is 10. The van der Waals surface area contributed by atoms with Gasteiger partial charge < -0.3 is 15.9 Å². The van der Waals surface area contributed by atoms with Gasteiger partial charge in [0.25, 0.3) is 21.9 Å². The molecule has 1 aliphatic rings. The summed E-state index contributed by atoms with van der Waals surface area (Å²) in [6.45, 7) is -0.0977. The molecule has 2 heterocycles. The predicted molar refractivity (Wildman–Crippen MR) is 81.2 cm³/mol. The van der Waals surface area contributed by atoms with Crippen molar-refractivity contribution in [3.05, 3.63) is 11.1 Å². The average Bonchev–Trinajstić information content (AvgIpc) is 2.92. The zero-order valence-corrected chi connectivity index (χ0v) is 13.8. The second-order valence-electron chi connectivity index (χ2n) is 4.45. The van der Waals surface area contributed by atoms with Crippen molar-refractivity contribution in [1.82, 2.24) is 15.4 Å². The minimum absolute atomic E-state index is 0.0977. The molecule has 1 fully saturated rings. The smallest absolute Gasteiger partial charge is 0.292 e. The van der Waals surface area contributed by atoms with Crippen LogP contribution in [0.1, 0.15) is 5.69 Å². The average molecular weight is 379 g/mol. The topological polar surface area (TPSA) is 174 Å². The van der Waals surface area contributed by atoms with Crippen LogP contribution < -0.4 is 11.1 Å². The number of rotatable bonds is 7. The fourth-order valence-corrected chi connectivity index (χ4v) is 2.48. The molecule has 2 amide bonds. The van der Waals surface area contributed by atoms with Gasteiger partial charge in [0.2, 0.25) is 5.94 Å². The van der Waals surface area contributed by atoms with Crippen molar-refractivity contribution in [3.8, 4) is 0 Å². The molecule has 132 valence electrons. The predicted octanol–water partition coefficient (Wildman–Crippen LogP) is -1.82. The number of hydroxylamine groups is 2. The first kappa shape index (κ1) is 18.1. The molecular weight excluding hydrogens is 366 g/mol. The lowest BCUT2D eigenvalue weighted by Crippen LogP contribution is -2.64. The molecule has 2 rings (SSSR count). The zero-order valence-electron chi connectivity index (χ0n) is 12.2. The van der Waals surface area contributed by atoms with Crippen LogP contribution in [0, 0.1) is 0 Å². The summed E-state index contributed by atoms with van der Waals surface area (Å²) in [5, 5.41) is 8.36. The summed E-state index contributed by atoms with van der Waals surface area (Å²) in [6.07, 6.45) is 0. The van der Waals surface area contributed by atoms with E-state index in [0.717, 1.165) is 11.3 Å². The van der Waals surface area contributed by atoms with Gasteiger partial charge in [-0.2, -0.15) is 8.42 Å². The second-order valence-corrected chi connectivity index (χ2v) is 6.74. The molecule has 0 spiro atoms. The molecule has 0 aliphatic carbocycles. The van der Waals surface area contributed by atoms with Crippen LogP contribution in [-0.2, 0) is 29.4 Å². The maximum Gasteiger partial charge on any atom is 0.292 e. The van der Waals surface area contributed by atoms with Crippen molar-refractivity contribution in [2.24, 2.45) is 5.16 Å². The van der Waals surface area contributed by atoms with Crippen LogP contribution in [0.3, 0.4) is 0 Å². The third-order valence-corrected chi connectivity index (χ3v) is 3.79. The minimum Gasteiger partial charge on any atom is -0.398 e. The molecule has 0 radical (unpaired) electrons. The molecule has 1 atom stereocenters. The molecule has 24 heavy (non-hydrogen) atoms. The van der Waals surface area contributed by atoms with Crippen LogP contribution in [0.15, 0.2) is 10.5 Å². The van der Waals surface area contributed by atoms with E-state index in [1.165, 1.54) is 12.5 Å². The Balaban J connectivity index is 1.95. The van der Waals surface area contributed by atoms with Gasteiger partial charge in [0.1, 0.15) is 18.8 Å².